The van der Waals surface area contributed by atoms with Gasteiger partial charge in [0.1, 0.15) is 11.6 Å². The number of carbonyl (C=O) groups excluding carboxylic acids is 1. The van der Waals surface area contributed by atoms with Gasteiger partial charge in [-0.3, -0.25) is 4.79 Å². The fraction of sp³-hybridized carbons (Fsp3) is 0.556. The van der Waals surface area contributed by atoms with Gasteiger partial charge in [-0.15, -0.1) is 0 Å². The van der Waals surface area contributed by atoms with E-state index in [9.17, 15) is 4.79 Å². The summed E-state index contributed by atoms with van der Waals surface area (Å²) in [7, 11) is 0. The van der Waals surface area contributed by atoms with Crippen LogP contribution in [0.25, 0.3) is 0 Å². The minimum atomic E-state index is -0.353. The molecule has 0 saturated heterocycles. The maximum atomic E-state index is 10.9. The van der Waals surface area contributed by atoms with Crippen LogP contribution in [0, 0.1) is 11.3 Å². The number of hydrogen-bond donors (Lipinski definition) is 1. The number of hydrogen-bond acceptors (Lipinski definition) is 2. The van der Waals surface area contributed by atoms with Gasteiger partial charge in [-0.1, -0.05) is 26.3 Å². The first-order valence-electron chi connectivity index (χ1n) is 4.09. The molecule has 0 aliphatic rings. The Labute approximate surface area is 73.1 Å². The third kappa shape index (κ3) is 4.51. The summed E-state index contributed by atoms with van der Waals surface area (Å²) in [5.41, 5.74) is -0.0218. The van der Waals surface area contributed by atoms with Crippen LogP contribution < -0.4 is 5.32 Å². The van der Waals surface area contributed by atoms with Crippen LogP contribution in [0.5, 0.6) is 0 Å². The number of nitrogens with one attached hydrogen (secondary N) is 1. The minimum absolute atomic E-state index is 0.0218. The van der Waals surface area contributed by atoms with Crippen molar-refractivity contribution in [1.29, 1.82) is 5.26 Å². The number of amides is 1. The fourth-order valence-corrected chi connectivity index (χ4v) is 0.734. The molecule has 0 aliphatic heterocycles. The number of carbonyl (C=O) groups is 1. The van der Waals surface area contributed by atoms with Crippen molar-refractivity contribution in [2.24, 2.45) is 0 Å². The van der Waals surface area contributed by atoms with Crippen molar-refractivity contribution < 1.29 is 4.79 Å². The molecule has 0 rings (SSSR count). The molecule has 0 radical (unpaired) electrons. The Kier molecular flexibility index (Phi) is 5.72. The van der Waals surface area contributed by atoms with E-state index < -0.39 is 0 Å². The van der Waals surface area contributed by atoms with Crippen LogP contribution in [-0.2, 0) is 4.79 Å². The van der Waals surface area contributed by atoms with Crippen LogP contribution in [-0.4, -0.2) is 12.5 Å². The topological polar surface area (TPSA) is 52.9 Å². The fourth-order valence-electron chi connectivity index (χ4n) is 0.734. The Bertz CT molecular complexity index is 203. The molecule has 3 nitrogen and oxygen atoms in total. The number of unbranched alkanes of at least 4 members (excludes halogenated alkanes) is 2. The van der Waals surface area contributed by atoms with Crippen molar-refractivity contribution in [2.75, 3.05) is 6.54 Å². The van der Waals surface area contributed by atoms with Gasteiger partial charge >= 0.3 is 0 Å². The molecule has 3 heteroatoms. The summed E-state index contributed by atoms with van der Waals surface area (Å²) in [6.45, 7) is 6.02. The maximum Gasteiger partial charge on any atom is 0.261 e. The molecule has 66 valence electrons. The summed E-state index contributed by atoms with van der Waals surface area (Å²) < 4.78 is 0. The number of nitrogens with zero attached hydrogens (tertiary/aromatic N) is 1. The van der Waals surface area contributed by atoms with Gasteiger partial charge in [0.25, 0.3) is 5.91 Å². The van der Waals surface area contributed by atoms with E-state index in [1.54, 1.807) is 6.07 Å². The van der Waals surface area contributed by atoms with Crippen molar-refractivity contribution in [3.05, 3.63) is 12.2 Å². The van der Waals surface area contributed by atoms with Gasteiger partial charge in [-0.25, -0.2) is 0 Å². The highest BCUT2D eigenvalue weighted by molar-refractivity contribution is 5.96. The van der Waals surface area contributed by atoms with Crippen molar-refractivity contribution in [2.45, 2.75) is 26.2 Å². The number of rotatable bonds is 5. The summed E-state index contributed by atoms with van der Waals surface area (Å²) in [6.07, 6.45) is 3.18. The van der Waals surface area contributed by atoms with Crippen molar-refractivity contribution in [3.63, 3.8) is 0 Å². The van der Waals surface area contributed by atoms with Crippen molar-refractivity contribution in [3.8, 4) is 6.07 Å². The molecule has 1 N–H and O–H groups in total. The Hall–Kier alpha value is -1.30. The van der Waals surface area contributed by atoms with E-state index in [0.717, 1.165) is 19.3 Å². The molecule has 0 aromatic carbocycles. The van der Waals surface area contributed by atoms with E-state index in [-0.39, 0.29) is 11.5 Å². The molecule has 0 heterocycles. The van der Waals surface area contributed by atoms with Crippen LogP contribution >= 0.6 is 0 Å². The van der Waals surface area contributed by atoms with Crippen LogP contribution in [0.2, 0.25) is 0 Å². The first kappa shape index (κ1) is 10.7. The lowest BCUT2D eigenvalue weighted by molar-refractivity contribution is -0.117. The zero-order valence-electron chi connectivity index (χ0n) is 7.39. The first-order chi connectivity index (χ1) is 5.72. The normalized spacial score (nSPS) is 8.67. The molecule has 0 bridgehead atoms. The highest BCUT2D eigenvalue weighted by Crippen LogP contribution is 1.92. The van der Waals surface area contributed by atoms with Gasteiger partial charge < -0.3 is 5.32 Å². The molecule has 0 atom stereocenters. The van der Waals surface area contributed by atoms with Crippen LogP contribution in [0.15, 0.2) is 12.2 Å². The third-order valence-corrected chi connectivity index (χ3v) is 1.47. The Morgan fingerprint density at radius 1 is 1.58 bits per heavy atom. The summed E-state index contributed by atoms with van der Waals surface area (Å²) >= 11 is 0. The first-order valence-corrected chi connectivity index (χ1v) is 4.09. The standard InChI is InChI=1S/C9H14N2O/c1-3-4-5-6-11-9(12)8(2)7-10/h2-6H2,1H3,(H,11,12). The van der Waals surface area contributed by atoms with Gasteiger partial charge in [0.05, 0.1) is 0 Å². The Morgan fingerprint density at radius 2 is 2.25 bits per heavy atom. The highest BCUT2D eigenvalue weighted by Gasteiger charge is 2.02. The van der Waals surface area contributed by atoms with Crippen LogP contribution in [0.4, 0.5) is 0 Å². The molecule has 0 spiro atoms. The molecule has 0 aromatic heterocycles. The minimum Gasteiger partial charge on any atom is -0.351 e. The van der Waals surface area contributed by atoms with Crippen LogP contribution in [0.3, 0.4) is 0 Å². The van der Waals surface area contributed by atoms with Crippen molar-refractivity contribution in [1.82, 2.24) is 5.32 Å². The molecule has 12 heavy (non-hydrogen) atoms. The average Bonchev–Trinajstić information content (AvgIpc) is 2.10. The second kappa shape index (κ2) is 6.41. The lowest BCUT2D eigenvalue weighted by atomic mass is 10.2. The largest absolute Gasteiger partial charge is 0.351 e. The molecule has 0 unspecified atom stereocenters. The quantitative estimate of drug-likeness (QED) is 0.381. The predicted octanol–water partition coefficient (Wildman–Crippen LogP) is 1.37. The zero-order valence-corrected chi connectivity index (χ0v) is 7.39. The third-order valence-electron chi connectivity index (χ3n) is 1.47. The predicted molar refractivity (Wildman–Crippen MR) is 47.3 cm³/mol. The smallest absolute Gasteiger partial charge is 0.261 e. The van der Waals surface area contributed by atoms with E-state index >= 15 is 0 Å². The second-order valence-electron chi connectivity index (χ2n) is 2.55. The average molecular weight is 166 g/mol. The Morgan fingerprint density at radius 3 is 2.75 bits per heavy atom. The van der Waals surface area contributed by atoms with Crippen molar-refractivity contribution >= 4 is 5.91 Å². The molecule has 0 saturated carbocycles. The molecular weight excluding hydrogens is 152 g/mol. The molecule has 0 aliphatic carbocycles. The number of nitriles is 1. The Balaban J connectivity index is 3.46. The van der Waals surface area contributed by atoms with E-state index in [2.05, 4.69) is 18.8 Å². The lowest BCUT2D eigenvalue weighted by Gasteiger charge is -2.01. The van der Waals surface area contributed by atoms with E-state index in [1.807, 2.05) is 0 Å². The summed E-state index contributed by atoms with van der Waals surface area (Å²) in [5.74, 6) is -0.353. The molecule has 0 fully saturated rings. The monoisotopic (exact) mass is 166 g/mol. The SMILES string of the molecule is C=C(C#N)C(=O)NCCCCC. The van der Waals surface area contributed by atoms with Gasteiger partial charge in [0, 0.05) is 6.54 Å². The van der Waals surface area contributed by atoms with Gasteiger partial charge in [-0.05, 0) is 6.42 Å². The summed E-state index contributed by atoms with van der Waals surface area (Å²) in [6, 6.07) is 1.70. The summed E-state index contributed by atoms with van der Waals surface area (Å²) in [4.78, 5) is 10.9. The maximum absolute atomic E-state index is 10.9. The van der Waals surface area contributed by atoms with E-state index in [0.29, 0.717) is 6.54 Å². The molecule has 0 aromatic rings. The van der Waals surface area contributed by atoms with Crippen LogP contribution in [0.1, 0.15) is 26.2 Å². The van der Waals surface area contributed by atoms with E-state index in [1.165, 1.54) is 0 Å². The molecular formula is C9H14N2O. The molecule has 1 amide bonds. The lowest BCUT2D eigenvalue weighted by Crippen LogP contribution is -2.25. The zero-order chi connectivity index (χ0) is 9.40. The van der Waals surface area contributed by atoms with Gasteiger partial charge in [0.15, 0.2) is 0 Å². The summed E-state index contributed by atoms with van der Waals surface area (Å²) in [5, 5.41) is 10.9. The van der Waals surface area contributed by atoms with E-state index in [4.69, 9.17) is 5.26 Å². The highest BCUT2D eigenvalue weighted by atomic mass is 16.1. The van der Waals surface area contributed by atoms with Gasteiger partial charge in [0.2, 0.25) is 0 Å². The second-order valence-corrected chi connectivity index (χ2v) is 2.55. The van der Waals surface area contributed by atoms with Gasteiger partial charge in [-0.2, -0.15) is 5.26 Å².